The minimum atomic E-state index is -3.25. The van der Waals surface area contributed by atoms with Gasteiger partial charge in [0.05, 0.1) is 12.4 Å². The van der Waals surface area contributed by atoms with Crippen LogP contribution in [0, 0.1) is 0 Å². The van der Waals surface area contributed by atoms with Crippen LogP contribution in [0.4, 0.5) is 5.69 Å². The van der Waals surface area contributed by atoms with Gasteiger partial charge in [0.15, 0.2) is 0 Å². The molecule has 0 aromatic heterocycles. The molecule has 0 amide bonds. The standard InChI is InChI=1S/C9H14N2O3S/c1-15(13,14)11-8-4-2-7(3-5-8)9(12)6-10/h2-5,9,11-12H,6,10H2,1H3/t9-/m1/s1. The summed E-state index contributed by atoms with van der Waals surface area (Å²) in [7, 11) is -3.25. The summed E-state index contributed by atoms with van der Waals surface area (Å²) in [5.41, 5.74) is 6.41. The van der Waals surface area contributed by atoms with E-state index in [0.717, 1.165) is 6.26 Å². The first-order valence-electron chi connectivity index (χ1n) is 4.38. The molecule has 0 saturated heterocycles. The van der Waals surface area contributed by atoms with Gasteiger partial charge in [-0.1, -0.05) is 12.1 Å². The van der Waals surface area contributed by atoms with E-state index in [2.05, 4.69) is 4.72 Å². The van der Waals surface area contributed by atoms with Crippen LogP contribution in [0.15, 0.2) is 24.3 Å². The van der Waals surface area contributed by atoms with Gasteiger partial charge in [0, 0.05) is 12.2 Å². The van der Waals surface area contributed by atoms with E-state index in [4.69, 9.17) is 5.73 Å². The summed E-state index contributed by atoms with van der Waals surface area (Å²) >= 11 is 0. The summed E-state index contributed by atoms with van der Waals surface area (Å²) in [6.45, 7) is 0.138. The van der Waals surface area contributed by atoms with Crippen molar-refractivity contribution in [2.24, 2.45) is 5.73 Å². The van der Waals surface area contributed by atoms with Crippen molar-refractivity contribution >= 4 is 15.7 Å². The van der Waals surface area contributed by atoms with Crippen molar-refractivity contribution < 1.29 is 13.5 Å². The number of hydrogen-bond donors (Lipinski definition) is 3. The maximum Gasteiger partial charge on any atom is 0.229 e. The Balaban J connectivity index is 2.81. The quantitative estimate of drug-likeness (QED) is 0.681. The molecule has 1 rings (SSSR count). The summed E-state index contributed by atoms with van der Waals surface area (Å²) in [5, 5.41) is 9.39. The molecular formula is C9H14N2O3S. The van der Waals surface area contributed by atoms with Crippen molar-refractivity contribution in [1.29, 1.82) is 0 Å². The van der Waals surface area contributed by atoms with Crippen LogP contribution in [0.5, 0.6) is 0 Å². The zero-order chi connectivity index (χ0) is 11.5. The third kappa shape index (κ3) is 3.86. The van der Waals surface area contributed by atoms with E-state index in [1.807, 2.05) is 0 Å². The van der Waals surface area contributed by atoms with Crippen LogP contribution in [0.2, 0.25) is 0 Å². The molecule has 5 nitrogen and oxygen atoms in total. The molecular weight excluding hydrogens is 216 g/mol. The first-order chi connectivity index (χ1) is 6.92. The SMILES string of the molecule is CS(=O)(=O)Nc1ccc([C@H](O)CN)cc1. The van der Waals surface area contributed by atoms with Crippen LogP contribution in [-0.2, 0) is 10.0 Å². The number of anilines is 1. The first kappa shape index (κ1) is 12.0. The molecule has 0 unspecified atom stereocenters. The summed E-state index contributed by atoms with van der Waals surface area (Å²) in [6, 6.07) is 6.42. The van der Waals surface area contributed by atoms with Gasteiger partial charge in [0.25, 0.3) is 0 Å². The highest BCUT2D eigenvalue weighted by atomic mass is 32.2. The van der Waals surface area contributed by atoms with Crippen LogP contribution >= 0.6 is 0 Å². The summed E-state index contributed by atoms with van der Waals surface area (Å²) < 4.78 is 24.1. The average Bonchev–Trinajstić information content (AvgIpc) is 2.15. The second-order valence-corrected chi connectivity index (χ2v) is 5.00. The lowest BCUT2D eigenvalue weighted by Gasteiger charge is -2.09. The second-order valence-electron chi connectivity index (χ2n) is 3.25. The smallest absolute Gasteiger partial charge is 0.229 e. The summed E-state index contributed by atoms with van der Waals surface area (Å²) in [6.07, 6.45) is 0.368. The Kier molecular flexibility index (Phi) is 3.67. The predicted octanol–water partition coefficient (Wildman–Crippen LogP) is 0.0502. The van der Waals surface area contributed by atoms with Crippen molar-refractivity contribution in [3.8, 4) is 0 Å². The summed E-state index contributed by atoms with van der Waals surface area (Å²) in [4.78, 5) is 0. The summed E-state index contributed by atoms with van der Waals surface area (Å²) in [5.74, 6) is 0. The van der Waals surface area contributed by atoms with Gasteiger partial charge >= 0.3 is 0 Å². The van der Waals surface area contributed by atoms with E-state index in [-0.39, 0.29) is 6.54 Å². The number of nitrogens with one attached hydrogen (secondary N) is 1. The number of benzene rings is 1. The van der Waals surface area contributed by atoms with E-state index >= 15 is 0 Å². The van der Waals surface area contributed by atoms with E-state index in [0.29, 0.717) is 11.3 Å². The fraction of sp³-hybridized carbons (Fsp3) is 0.333. The van der Waals surface area contributed by atoms with Crippen LogP contribution in [0.3, 0.4) is 0 Å². The molecule has 6 heteroatoms. The van der Waals surface area contributed by atoms with Crippen molar-refractivity contribution in [2.45, 2.75) is 6.10 Å². The van der Waals surface area contributed by atoms with Crippen molar-refractivity contribution in [3.05, 3.63) is 29.8 Å². The lowest BCUT2D eigenvalue weighted by molar-refractivity contribution is 0.187. The number of nitrogens with two attached hydrogens (primary N) is 1. The van der Waals surface area contributed by atoms with E-state index in [9.17, 15) is 13.5 Å². The van der Waals surface area contributed by atoms with Gasteiger partial charge in [0.1, 0.15) is 0 Å². The monoisotopic (exact) mass is 230 g/mol. The maximum absolute atomic E-state index is 10.9. The lowest BCUT2D eigenvalue weighted by atomic mass is 10.1. The van der Waals surface area contributed by atoms with Crippen LogP contribution < -0.4 is 10.5 Å². The van der Waals surface area contributed by atoms with Gasteiger partial charge in [-0.3, -0.25) is 4.72 Å². The van der Waals surface area contributed by atoms with Crippen molar-refractivity contribution in [1.82, 2.24) is 0 Å². The Morgan fingerprint density at radius 1 is 1.40 bits per heavy atom. The molecule has 0 aliphatic carbocycles. The van der Waals surface area contributed by atoms with Gasteiger partial charge < -0.3 is 10.8 Å². The molecule has 0 aliphatic heterocycles. The molecule has 0 spiro atoms. The maximum atomic E-state index is 10.9. The number of rotatable bonds is 4. The number of aliphatic hydroxyl groups excluding tert-OH is 1. The van der Waals surface area contributed by atoms with Gasteiger partial charge in [0.2, 0.25) is 10.0 Å². The molecule has 1 aromatic rings. The molecule has 0 aliphatic rings. The van der Waals surface area contributed by atoms with E-state index in [1.54, 1.807) is 24.3 Å². The Hall–Kier alpha value is -1.11. The van der Waals surface area contributed by atoms with Gasteiger partial charge in [-0.05, 0) is 17.7 Å². The minimum Gasteiger partial charge on any atom is -0.387 e. The van der Waals surface area contributed by atoms with Crippen molar-refractivity contribution in [2.75, 3.05) is 17.5 Å². The lowest BCUT2D eigenvalue weighted by Crippen LogP contribution is -2.12. The Bertz CT molecular complexity index is 413. The topological polar surface area (TPSA) is 92.4 Å². The third-order valence-electron chi connectivity index (χ3n) is 1.82. The van der Waals surface area contributed by atoms with Crippen molar-refractivity contribution in [3.63, 3.8) is 0 Å². The molecule has 0 radical (unpaired) electrons. The average molecular weight is 230 g/mol. The molecule has 1 atom stereocenters. The zero-order valence-corrected chi connectivity index (χ0v) is 9.16. The highest BCUT2D eigenvalue weighted by molar-refractivity contribution is 7.92. The Labute approximate surface area is 89.0 Å². The van der Waals surface area contributed by atoms with Gasteiger partial charge in [-0.15, -0.1) is 0 Å². The van der Waals surface area contributed by atoms with Crippen LogP contribution in [0.25, 0.3) is 0 Å². The molecule has 0 bridgehead atoms. The Morgan fingerprint density at radius 3 is 2.33 bits per heavy atom. The molecule has 84 valence electrons. The highest BCUT2D eigenvalue weighted by Gasteiger charge is 2.05. The molecule has 0 fully saturated rings. The fourth-order valence-corrected chi connectivity index (χ4v) is 1.69. The second kappa shape index (κ2) is 4.61. The molecule has 1 aromatic carbocycles. The predicted molar refractivity (Wildman–Crippen MR) is 58.9 cm³/mol. The van der Waals surface area contributed by atoms with Gasteiger partial charge in [-0.2, -0.15) is 0 Å². The molecule has 4 N–H and O–H groups in total. The largest absolute Gasteiger partial charge is 0.387 e. The minimum absolute atomic E-state index is 0.138. The molecule has 15 heavy (non-hydrogen) atoms. The van der Waals surface area contributed by atoms with Crippen LogP contribution in [-0.4, -0.2) is 26.3 Å². The number of sulfonamides is 1. The third-order valence-corrected chi connectivity index (χ3v) is 2.43. The molecule has 0 saturated carbocycles. The van der Waals surface area contributed by atoms with Gasteiger partial charge in [-0.25, -0.2) is 8.42 Å². The normalized spacial score (nSPS) is 13.5. The highest BCUT2D eigenvalue weighted by Crippen LogP contribution is 2.15. The number of hydrogen-bond acceptors (Lipinski definition) is 4. The number of aliphatic hydroxyl groups is 1. The first-order valence-corrected chi connectivity index (χ1v) is 6.27. The molecule has 0 heterocycles. The zero-order valence-electron chi connectivity index (χ0n) is 8.34. The Morgan fingerprint density at radius 2 is 1.93 bits per heavy atom. The van der Waals surface area contributed by atoms with E-state index in [1.165, 1.54) is 0 Å². The fourth-order valence-electron chi connectivity index (χ4n) is 1.12. The van der Waals surface area contributed by atoms with E-state index < -0.39 is 16.1 Å². The van der Waals surface area contributed by atoms with Crippen LogP contribution in [0.1, 0.15) is 11.7 Å².